The van der Waals surface area contributed by atoms with Gasteiger partial charge in [-0.1, -0.05) is 24.3 Å². The number of nitriles is 1. The Morgan fingerprint density at radius 2 is 1.94 bits per heavy atom. The number of rotatable bonds is 4. The fraction of sp³-hybridized carbons (Fsp3) is 0. The average Bonchev–Trinajstić information content (AvgIpc) is 3.43. The van der Waals surface area contributed by atoms with Crippen LogP contribution < -0.4 is 22.5 Å². The zero-order chi connectivity index (χ0) is 24.0. The molecule has 166 valence electrons. The molecule has 0 unspecified atom stereocenters. The fourth-order valence-electron chi connectivity index (χ4n) is 3.84. The number of benzene rings is 2. The van der Waals surface area contributed by atoms with Crippen LogP contribution in [0.2, 0.25) is 0 Å². The zero-order valence-corrected chi connectivity index (χ0v) is 18.2. The van der Waals surface area contributed by atoms with Crippen molar-refractivity contribution >= 4 is 61.5 Å². The van der Waals surface area contributed by atoms with Crippen molar-refractivity contribution < 1.29 is 9.59 Å². The maximum atomic E-state index is 13.1. The molecule has 8 N–H and O–H groups in total. The Kier molecular flexibility index (Phi) is 4.85. The molecule has 0 bridgehead atoms. The van der Waals surface area contributed by atoms with Gasteiger partial charge in [0.25, 0.3) is 11.8 Å². The summed E-state index contributed by atoms with van der Waals surface area (Å²) in [5.41, 5.74) is 20.4. The summed E-state index contributed by atoms with van der Waals surface area (Å²) in [5.74, 6) is -1.08. The molecule has 0 radical (unpaired) electrons. The first kappa shape index (κ1) is 20.9. The lowest BCUT2D eigenvalue weighted by Gasteiger charge is -2.11. The number of nitrogens with two attached hydrogens (primary N) is 3. The summed E-state index contributed by atoms with van der Waals surface area (Å²) in [6, 6.07) is 14.2. The van der Waals surface area contributed by atoms with E-state index >= 15 is 0 Å². The number of anilines is 3. The van der Waals surface area contributed by atoms with Crippen molar-refractivity contribution in [3.05, 3.63) is 64.7 Å². The number of amides is 2. The van der Waals surface area contributed by atoms with E-state index in [-0.39, 0.29) is 27.9 Å². The van der Waals surface area contributed by atoms with Crippen molar-refractivity contribution in [3.8, 4) is 17.2 Å². The van der Waals surface area contributed by atoms with E-state index < -0.39 is 5.91 Å². The molecule has 11 heteroatoms. The molecule has 0 saturated carbocycles. The predicted octanol–water partition coefficient (Wildman–Crippen LogP) is 3.23. The summed E-state index contributed by atoms with van der Waals surface area (Å²) in [5, 5.41) is 20.8. The molecule has 10 nitrogen and oxygen atoms in total. The molecule has 2 aromatic carbocycles. The zero-order valence-electron chi connectivity index (χ0n) is 17.4. The number of hydrogen-bond acceptors (Lipinski definition) is 8. The maximum Gasteiger partial charge on any atom is 0.260 e. The Balaban J connectivity index is 1.64. The monoisotopic (exact) mass is 468 g/mol. The Morgan fingerprint density at radius 1 is 1.15 bits per heavy atom. The second kappa shape index (κ2) is 7.88. The van der Waals surface area contributed by atoms with Gasteiger partial charge in [-0.15, -0.1) is 11.3 Å². The van der Waals surface area contributed by atoms with Crippen molar-refractivity contribution in [1.82, 2.24) is 15.2 Å². The normalized spacial score (nSPS) is 10.9. The number of carbonyl (C=O) groups is 2. The molecule has 0 aliphatic heterocycles. The summed E-state index contributed by atoms with van der Waals surface area (Å²) in [7, 11) is 0. The summed E-state index contributed by atoms with van der Waals surface area (Å²) >= 11 is 1.000. The first-order valence-corrected chi connectivity index (χ1v) is 10.8. The minimum absolute atomic E-state index is 0.0111. The van der Waals surface area contributed by atoms with Crippen LogP contribution in [0.4, 0.5) is 17.2 Å². The van der Waals surface area contributed by atoms with Crippen LogP contribution in [0.3, 0.4) is 0 Å². The van der Waals surface area contributed by atoms with Gasteiger partial charge in [-0.3, -0.25) is 14.7 Å². The van der Waals surface area contributed by atoms with E-state index in [4.69, 9.17) is 17.2 Å². The largest absolute Gasteiger partial charge is 0.397 e. The second-order valence-electron chi connectivity index (χ2n) is 7.42. The molecule has 0 saturated heterocycles. The molecule has 0 fully saturated rings. The maximum absolute atomic E-state index is 13.1. The van der Waals surface area contributed by atoms with Gasteiger partial charge < -0.3 is 22.5 Å². The lowest BCUT2D eigenvalue weighted by Crippen LogP contribution is -2.12. The highest BCUT2D eigenvalue weighted by atomic mass is 32.1. The standard InChI is InChI=1S/C23H16N8O2S/c24-8-13-15(16-17(25)19(21(27)32)34-23(16)30-20(13)26)10-3-1-4-11(7-10)22(33)29-14-6-2-5-12-9-28-31-18(12)14/h1-7,9H,25H2,(H2,26,30)(H2,27,32)(H,28,31)(H,29,33). The third kappa shape index (κ3) is 3.26. The van der Waals surface area contributed by atoms with Crippen LogP contribution in [-0.2, 0) is 0 Å². The van der Waals surface area contributed by atoms with Crippen molar-refractivity contribution in [3.63, 3.8) is 0 Å². The number of H-pyrrole nitrogens is 1. The van der Waals surface area contributed by atoms with Gasteiger partial charge in [0.1, 0.15) is 27.2 Å². The lowest BCUT2D eigenvalue weighted by molar-refractivity contribution is 0.100. The molecule has 2 amide bonds. The average molecular weight is 469 g/mol. The van der Waals surface area contributed by atoms with Gasteiger partial charge in [0.15, 0.2) is 0 Å². The number of carbonyl (C=O) groups excluding carboxylic acids is 2. The van der Waals surface area contributed by atoms with Crippen LogP contribution in [0.15, 0.2) is 48.7 Å². The van der Waals surface area contributed by atoms with Gasteiger partial charge in [-0.2, -0.15) is 10.4 Å². The molecule has 0 aliphatic carbocycles. The van der Waals surface area contributed by atoms with Crippen LogP contribution in [0.5, 0.6) is 0 Å². The first-order chi connectivity index (χ1) is 16.4. The van der Waals surface area contributed by atoms with E-state index in [2.05, 4.69) is 26.6 Å². The summed E-state index contributed by atoms with van der Waals surface area (Å²) in [6.07, 6.45) is 1.67. The van der Waals surface area contributed by atoms with Crippen LogP contribution in [0.1, 0.15) is 25.6 Å². The van der Waals surface area contributed by atoms with Gasteiger partial charge in [0, 0.05) is 21.9 Å². The van der Waals surface area contributed by atoms with Crippen molar-refractivity contribution in [2.24, 2.45) is 5.73 Å². The van der Waals surface area contributed by atoms with E-state index in [0.29, 0.717) is 38.1 Å². The Labute approximate surface area is 196 Å². The van der Waals surface area contributed by atoms with Crippen LogP contribution in [-0.4, -0.2) is 27.0 Å². The molecular weight excluding hydrogens is 452 g/mol. The molecule has 3 heterocycles. The van der Waals surface area contributed by atoms with Crippen LogP contribution in [0, 0.1) is 11.3 Å². The third-order valence-electron chi connectivity index (χ3n) is 5.38. The first-order valence-electron chi connectivity index (χ1n) is 9.94. The third-order valence-corrected chi connectivity index (χ3v) is 6.49. The fourth-order valence-corrected chi connectivity index (χ4v) is 4.80. The highest BCUT2D eigenvalue weighted by molar-refractivity contribution is 7.21. The van der Waals surface area contributed by atoms with Crippen molar-refractivity contribution in [1.29, 1.82) is 5.26 Å². The SMILES string of the molecule is N#Cc1c(N)nc2sc(C(N)=O)c(N)c2c1-c1cccc(C(=O)Nc2cccc3cn[nH]c23)c1. The smallest absolute Gasteiger partial charge is 0.260 e. The van der Waals surface area contributed by atoms with Crippen LogP contribution >= 0.6 is 11.3 Å². The number of aromatic amines is 1. The number of para-hydroxylation sites is 1. The van der Waals surface area contributed by atoms with E-state index in [9.17, 15) is 14.9 Å². The van der Waals surface area contributed by atoms with Crippen molar-refractivity contribution in [2.45, 2.75) is 0 Å². The van der Waals surface area contributed by atoms with Gasteiger partial charge >= 0.3 is 0 Å². The number of hydrogen-bond donors (Lipinski definition) is 5. The highest BCUT2D eigenvalue weighted by Crippen LogP contribution is 2.42. The van der Waals surface area contributed by atoms with Crippen LogP contribution in [0.25, 0.3) is 32.2 Å². The number of pyridine rings is 1. The number of fused-ring (bicyclic) bond motifs is 2. The Hall–Kier alpha value is -4.95. The predicted molar refractivity (Wildman–Crippen MR) is 131 cm³/mol. The van der Waals surface area contributed by atoms with Gasteiger partial charge in [0.2, 0.25) is 0 Å². The van der Waals surface area contributed by atoms with Gasteiger partial charge in [0.05, 0.1) is 23.1 Å². The lowest BCUT2D eigenvalue weighted by atomic mass is 9.95. The number of thiophene rings is 1. The molecule has 0 atom stereocenters. The Bertz CT molecular complexity index is 1680. The number of nitrogens with zero attached hydrogens (tertiary/aromatic N) is 3. The van der Waals surface area contributed by atoms with Crippen molar-refractivity contribution in [2.75, 3.05) is 16.8 Å². The molecule has 5 aromatic rings. The minimum Gasteiger partial charge on any atom is -0.397 e. The van der Waals surface area contributed by atoms with Gasteiger partial charge in [-0.05, 0) is 23.8 Å². The second-order valence-corrected chi connectivity index (χ2v) is 8.42. The number of nitrogens with one attached hydrogen (secondary N) is 2. The quantitative estimate of drug-likeness (QED) is 0.267. The molecule has 5 rings (SSSR count). The number of nitrogen functional groups attached to an aromatic ring is 2. The summed E-state index contributed by atoms with van der Waals surface area (Å²) in [4.78, 5) is 29.6. The van der Waals surface area contributed by atoms with E-state index in [1.54, 1.807) is 36.5 Å². The number of primary amides is 1. The molecule has 3 aromatic heterocycles. The van der Waals surface area contributed by atoms with Gasteiger partial charge in [-0.25, -0.2) is 4.98 Å². The number of aromatic nitrogens is 3. The summed E-state index contributed by atoms with van der Waals surface area (Å²) < 4.78 is 0. The van der Waals surface area contributed by atoms with E-state index in [1.165, 1.54) is 0 Å². The highest BCUT2D eigenvalue weighted by Gasteiger charge is 2.24. The Morgan fingerprint density at radius 3 is 2.71 bits per heavy atom. The minimum atomic E-state index is -0.704. The molecular formula is C23H16N8O2S. The summed E-state index contributed by atoms with van der Waals surface area (Å²) in [6.45, 7) is 0. The molecule has 34 heavy (non-hydrogen) atoms. The van der Waals surface area contributed by atoms with E-state index in [1.807, 2.05) is 12.1 Å². The topological polar surface area (TPSA) is 190 Å². The molecule has 0 aliphatic rings. The van der Waals surface area contributed by atoms with E-state index in [0.717, 1.165) is 16.7 Å². The molecule has 0 spiro atoms.